The SMILES string of the molecule is C=NN(c1nc(Cl)nc(NCc2ccccc2Cl)c1C)[C@@H]1O[C@H](CO[C@](CO)(Cc2nn[nH]n2)P(=O)(O)O)[C@@H](O)[C@H]1O. The average Bonchev–Trinajstić information content (AvgIpc) is 3.56. The summed E-state index contributed by atoms with van der Waals surface area (Å²) in [7, 11) is -5.16. The highest BCUT2D eigenvalue weighted by Gasteiger charge is 2.52. The fraction of sp³-hybridized carbons (Fsp3) is 0.455. The number of nitrogens with one attached hydrogen (secondary N) is 2. The zero-order chi connectivity index (χ0) is 30.7. The van der Waals surface area contributed by atoms with Crippen molar-refractivity contribution in [3.63, 3.8) is 0 Å². The smallest absolute Gasteiger partial charge is 0.359 e. The van der Waals surface area contributed by atoms with Crippen LogP contribution in [0.5, 0.6) is 0 Å². The van der Waals surface area contributed by atoms with E-state index in [1.807, 2.05) is 12.1 Å². The van der Waals surface area contributed by atoms with Crippen molar-refractivity contribution in [3.8, 4) is 0 Å². The molecule has 7 N–H and O–H groups in total. The van der Waals surface area contributed by atoms with Gasteiger partial charge < -0.3 is 39.9 Å². The summed E-state index contributed by atoms with van der Waals surface area (Å²) in [6.07, 6.45) is -6.59. The lowest BCUT2D eigenvalue weighted by molar-refractivity contribution is -0.0993. The number of tetrazole rings is 1. The van der Waals surface area contributed by atoms with Gasteiger partial charge in [0.25, 0.3) is 0 Å². The summed E-state index contributed by atoms with van der Waals surface area (Å²) >= 11 is 12.4. The van der Waals surface area contributed by atoms with Crippen LogP contribution in [0, 0.1) is 6.92 Å². The fourth-order valence-corrected chi connectivity index (χ4v) is 5.35. The number of nitrogens with zero attached hydrogens (tertiary/aromatic N) is 7. The zero-order valence-corrected chi connectivity index (χ0v) is 24.4. The van der Waals surface area contributed by atoms with E-state index in [1.54, 1.807) is 19.1 Å². The lowest BCUT2D eigenvalue weighted by Crippen LogP contribution is -2.44. The molecular formula is C22H28Cl2N9O8P. The second-order valence-corrected chi connectivity index (χ2v) is 11.9. The van der Waals surface area contributed by atoms with Crippen LogP contribution in [0.4, 0.5) is 11.6 Å². The molecule has 1 fully saturated rings. The summed E-state index contributed by atoms with van der Waals surface area (Å²) in [4.78, 5) is 28.4. The molecule has 20 heteroatoms. The summed E-state index contributed by atoms with van der Waals surface area (Å²) in [6.45, 7) is 3.67. The monoisotopic (exact) mass is 647 g/mol. The van der Waals surface area contributed by atoms with Crippen LogP contribution in [0.2, 0.25) is 10.3 Å². The van der Waals surface area contributed by atoms with Crippen molar-refractivity contribution >= 4 is 49.2 Å². The summed E-state index contributed by atoms with van der Waals surface area (Å²) in [5, 5.41) is 50.3. The molecule has 0 saturated carbocycles. The Morgan fingerprint density at radius 1 is 1.26 bits per heavy atom. The molecule has 0 unspecified atom stereocenters. The first kappa shape index (κ1) is 32.1. The topological polar surface area (TPSA) is 245 Å². The normalized spacial score (nSPS) is 22.1. The van der Waals surface area contributed by atoms with Gasteiger partial charge in [-0.2, -0.15) is 15.3 Å². The number of hydrogen-bond donors (Lipinski definition) is 7. The van der Waals surface area contributed by atoms with Crippen LogP contribution in [0.15, 0.2) is 29.4 Å². The minimum absolute atomic E-state index is 0.0847. The van der Waals surface area contributed by atoms with E-state index in [0.29, 0.717) is 22.9 Å². The van der Waals surface area contributed by atoms with E-state index in [1.165, 1.54) is 0 Å². The molecular weight excluding hydrogens is 620 g/mol. The van der Waals surface area contributed by atoms with E-state index >= 15 is 0 Å². The van der Waals surface area contributed by atoms with E-state index in [-0.39, 0.29) is 16.9 Å². The van der Waals surface area contributed by atoms with Crippen LogP contribution in [0.3, 0.4) is 0 Å². The van der Waals surface area contributed by atoms with Gasteiger partial charge in [-0.05, 0) is 30.2 Å². The van der Waals surface area contributed by atoms with E-state index < -0.39 is 57.1 Å². The van der Waals surface area contributed by atoms with E-state index in [9.17, 15) is 29.7 Å². The first-order chi connectivity index (χ1) is 19.9. The lowest BCUT2D eigenvalue weighted by Gasteiger charge is -2.32. The molecule has 0 bridgehead atoms. The summed E-state index contributed by atoms with van der Waals surface area (Å²) < 4.78 is 23.6. The summed E-state index contributed by atoms with van der Waals surface area (Å²) in [6, 6.07) is 7.21. The van der Waals surface area contributed by atoms with Crippen molar-refractivity contribution in [2.24, 2.45) is 5.10 Å². The van der Waals surface area contributed by atoms with Crippen LogP contribution in [-0.2, 0) is 27.0 Å². The number of hydrazone groups is 1. The summed E-state index contributed by atoms with van der Waals surface area (Å²) in [5.74, 6) is 0.263. The van der Waals surface area contributed by atoms with Crippen molar-refractivity contribution in [2.45, 2.75) is 49.8 Å². The van der Waals surface area contributed by atoms with Crippen LogP contribution < -0.4 is 10.3 Å². The third-order valence-corrected chi connectivity index (χ3v) is 8.59. The first-order valence-electron chi connectivity index (χ1n) is 12.2. The number of aliphatic hydroxyl groups excluding tert-OH is 3. The minimum atomic E-state index is -5.16. The molecule has 0 radical (unpaired) electrons. The van der Waals surface area contributed by atoms with Crippen LogP contribution in [-0.4, -0.2) is 106 Å². The Morgan fingerprint density at radius 2 is 2.00 bits per heavy atom. The Bertz CT molecular complexity index is 1430. The molecule has 17 nitrogen and oxygen atoms in total. The Morgan fingerprint density at radius 3 is 2.62 bits per heavy atom. The highest BCUT2D eigenvalue weighted by Crippen LogP contribution is 2.52. The first-order valence-corrected chi connectivity index (χ1v) is 14.6. The van der Waals surface area contributed by atoms with Crippen LogP contribution >= 0.6 is 30.8 Å². The lowest BCUT2D eigenvalue weighted by atomic mass is 10.1. The number of aromatic nitrogens is 6. The molecule has 3 heterocycles. The van der Waals surface area contributed by atoms with Gasteiger partial charge in [0.15, 0.2) is 23.2 Å². The van der Waals surface area contributed by atoms with E-state index in [2.05, 4.69) is 47.7 Å². The maximum absolute atomic E-state index is 12.3. The van der Waals surface area contributed by atoms with Gasteiger partial charge in [0.2, 0.25) is 5.28 Å². The molecule has 228 valence electrons. The molecule has 0 spiro atoms. The average molecular weight is 648 g/mol. The molecule has 1 saturated heterocycles. The molecule has 0 aliphatic carbocycles. The molecule has 4 rings (SSSR count). The van der Waals surface area contributed by atoms with Crippen molar-refractivity contribution in [3.05, 3.63) is 51.5 Å². The predicted molar refractivity (Wildman–Crippen MR) is 149 cm³/mol. The molecule has 42 heavy (non-hydrogen) atoms. The number of halogens is 2. The van der Waals surface area contributed by atoms with Gasteiger partial charge in [-0.25, -0.2) is 9.99 Å². The zero-order valence-electron chi connectivity index (χ0n) is 21.9. The maximum atomic E-state index is 12.3. The number of benzene rings is 1. The quantitative estimate of drug-likeness (QED) is 0.0567. The molecule has 3 aromatic rings. The van der Waals surface area contributed by atoms with Gasteiger partial charge in [-0.1, -0.05) is 35.0 Å². The van der Waals surface area contributed by atoms with Gasteiger partial charge in [0.1, 0.15) is 24.1 Å². The number of ether oxygens (including phenoxy) is 2. The summed E-state index contributed by atoms with van der Waals surface area (Å²) in [5.41, 5.74) is 1.23. The van der Waals surface area contributed by atoms with Crippen LogP contribution in [0.1, 0.15) is 17.0 Å². The van der Waals surface area contributed by atoms with Gasteiger partial charge in [-0.15, -0.1) is 10.2 Å². The van der Waals surface area contributed by atoms with Crippen molar-refractivity contribution < 1.29 is 39.1 Å². The number of aliphatic hydroxyl groups is 3. The highest BCUT2D eigenvalue weighted by atomic mass is 35.5. The van der Waals surface area contributed by atoms with E-state index in [0.717, 1.165) is 10.6 Å². The third-order valence-electron chi connectivity index (χ3n) is 6.56. The Labute approximate surface area is 248 Å². The van der Waals surface area contributed by atoms with Gasteiger partial charge in [0.05, 0.1) is 19.6 Å². The Kier molecular flexibility index (Phi) is 10.1. The van der Waals surface area contributed by atoms with Crippen molar-refractivity contribution in [1.82, 2.24) is 30.6 Å². The van der Waals surface area contributed by atoms with Crippen molar-refractivity contribution in [1.29, 1.82) is 0 Å². The number of aromatic amines is 1. The van der Waals surface area contributed by atoms with E-state index in [4.69, 9.17) is 32.7 Å². The molecule has 0 amide bonds. The molecule has 1 aromatic carbocycles. The number of anilines is 2. The second kappa shape index (κ2) is 13.2. The number of H-pyrrole nitrogens is 1. The number of rotatable bonds is 13. The molecule has 5 atom stereocenters. The molecule has 1 aliphatic heterocycles. The standard InChI is InChI=1S/C22H28Cl2N9O8P/c1-11-18(26-8-12-5-3-4-6-13(12)23)27-21(24)28-19(11)33(25-2)20-17(36)16(35)14(41-20)9-40-22(10-34,42(37,38)39)7-15-29-31-32-30-15/h3-6,14,16-17,20,34-36H,2,7-10H2,1H3,(H,26,27,28)(H2,37,38,39)(H,29,30,31,32)/t14-,16-,17-,20-,22-/m1/s1. The molecule has 2 aromatic heterocycles. The number of hydrogen-bond acceptors (Lipinski definition) is 14. The third kappa shape index (κ3) is 6.70. The second-order valence-electron chi connectivity index (χ2n) is 9.23. The largest absolute Gasteiger partial charge is 0.393 e. The predicted octanol–water partition coefficient (Wildman–Crippen LogP) is 0.211. The fourth-order valence-electron chi connectivity index (χ4n) is 4.20. The van der Waals surface area contributed by atoms with Gasteiger partial charge in [-0.3, -0.25) is 4.57 Å². The van der Waals surface area contributed by atoms with Gasteiger partial charge in [0, 0.05) is 23.8 Å². The molecule has 1 aliphatic rings. The van der Waals surface area contributed by atoms with Crippen LogP contribution in [0.25, 0.3) is 0 Å². The Hall–Kier alpha value is -2.83. The minimum Gasteiger partial charge on any atom is -0.393 e. The van der Waals surface area contributed by atoms with Gasteiger partial charge >= 0.3 is 7.60 Å². The Balaban J connectivity index is 1.54. The van der Waals surface area contributed by atoms with Crippen molar-refractivity contribution in [2.75, 3.05) is 23.5 Å². The maximum Gasteiger partial charge on any atom is 0.359 e. The highest BCUT2D eigenvalue weighted by molar-refractivity contribution is 7.53.